The predicted molar refractivity (Wildman–Crippen MR) is 122 cm³/mol. The highest BCUT2D eigenvalue weighted by molar-refractivity contribution is 7.89. The molecule has 0 atom stereocenters. The number of sulfonamides is 1. The molecule has 34 heavy (non-hydrogen) atoms. The van der Waals surface area contributed by atoms with Crippen LogP contribution < -0.4 is 21.5 Å². The van der Waals surface area contributed by atoms with Crippen LogP contribution in [0.5, 0.6) is 0 Å². The molecule has 0 aliphatic rings. The van der Waals surface area contributed by atoms with Crippen LogP contribution in [0.3, 0.4) is 0 Å². The monoisotopic (exact) mass is 487 g/mol. The Morgan fingerprint density at radius 2 is 1.59 bits per heavy atom. The number of nitrogens with one attached hydrogen (secondary N) is 3. The fourth-order valence-electron chi connectivity index (χ4n) is 2.82. The number of aromatic amines is 1. The first-order chi connectivity index (χ1) is 16.1. The second kappa shape index (κ2) is 9.93. The summed E-state index contributed by atoms with van der Waals surface area (Å²) in [6.07, 6.45) is 0. The van der Waals surface area contributed by atoms with Crippen molar-refractivity contribution in [3.8, 4) is 0 Å². The maximum Gasteiger partial charge on any atom is 0.290 e. The number of hydrogen-bond acceptors (Lipinski definition) is 8. The lowest BCUT2D eigenvalue weighted by Crippen LogP contribution is -2.11. The standard InChI is InChI=1S/C19H16FN7O3S.CH2O2/c20-10-1-3-12(4-2-10)24-19-26-14-9-15(17(21)28)25-16(14)18(27-19)23-11-5-7-13(8-6-11)31(22,29)30;2-1-3/h1-9,25H,(H2,21,28)(H2,22,29,30)(H2,23,24,26,27);1H,(H,2,3). The highest BCUT2D eigenvalue weighted by atomic mass is 32.2. The van der Waals surface area contributed by atoms with Gasteiger partial charge in [-0.25, -0.2) is 22.9 Å². The van der Waals surface area contributed by atoms with Gasteiger partial charge in [0.05, 0.1) is 10.4 Å². The summed E-state index contributed by atoms with van der Waals surface area (Å²) in [5, 5.41) is 18.0. The van der Waals surface area contributed by atoms with Crippen LogP contribution in [0.2, 0.25) is 0 Å². The van der Waals surface area contributed by atoms with Gasteiger partial charge in [-0.05, 0) is 54.6 Å². The Morgan fingerprint density at radius 1 is 1.03 bits per heavy atom. The molecule has 4 rings (SSSR count). The van der Waals surface area contributed by atoms with E-state index < -0.39 is 15.9 Å². The average molecular weight is 487 g/mol. The molecule has 0 bridgehead atoms. The summed E-state index contributed by atoms with van der Waals surface area (Å²) in [5.41, 5.74) is 7.36. The number of nitrogens with zero attached hydrogens (tertiary/aromatic N) is 2. The van der Waals surface area contributed by atoms with Crippen molar-refractivity contribution in [1.29, 1.82) is 0 Å². The summed E-state index contributed by atoms with van der Waals surface area (Å²) >= 11 is 0. The van der Waals surface area contributed by atoms with Gasteiger partial charge in [0.1, 0.15) is 17.0 Å². The zero-order valence-corrected chi connectivity index (χ0v) is 18.0. The molecule has 0 spiro atoms. The third-order valence-corrected chi connectivity index (χ3v) is 5.22. The number of hydrogen-bond donors (Lipinski definition) is 6. The lowest BCUT2D eigenvalue weighted by molar-refractivity contribution is -0.122. The molecule has 12 nitrogen and oxygen atoms in total. The maximum absolute atomic E-state index is 13.2. The maximum atomic E-state index is 13.2. The Bertz CT molecular complexity index is 1440. The number of rotatable bonds is 6. The third-order valence-electron chi connectivity index (χ3n) is 4.29. The van der Waals surface area contributed by atoms with E-state index >= 15 is 0 Å². The fraction of sp³-hybridized carbons (Fsp3) is 0. The van der Waals surface area contributed by atoms with E-state index in [1.54, 1.807) is 0 Å². The molecule has 0 radical (unpaired) electrons. The van der Waals surface area contributed by atoms with E-state index in [2.05, 4.69) is 25.6 Å². The first-order valence-electron chi connectivity index (χ1n) is 9.31. The third kappa shape index (κ3) is 5.81. The van der Waals surface area contributed by atoms with Gasteiger partial charge in [-0.15, -0.1) is 0 Å². The van der Waals surface area contributed by atoms with Gasteiger partial charge < -0.3 is 26.5 Å². The van der Waals surface area contributed by atoms with Gasteiger partial charge in [-0.2, -0.15) is 4.98 Å². The average Bonchev–Trinajstić information content (AvgIpc) is 3.21. The van der Waals surface area contributed by atoms with Crippen molar-refractivity contribution in [2.45, 2.75) is 4.90 Å². The number of nitrogens with two attached hydrogens (primary N) is 2. The highest BCUT2D eigenvalue weighted by Crippen LogP contribution is 2.27. The zero-order chi connectivity index (χ0) is 24.9. The molecule has 8 N–H and O–H groups in total. The van der Waals surface area contributed by atoms with Crippen LogP contribution in [0.1, 0.15) is 10.5 Å². The molecule has 2 aromatic heterocycles. The topological polar surface area (TPSA) is 206 Å². The molecule has 0 unspecified atom stereocenters. The van der Waals surface area contributed by atoms with Crippen molar-refractivity contribution in [3.05, 3.63) is 66.1 Å². The van der Waals surface area contributed by atoms with Crippen molar-refractivity contribution in [2.75, 3.05) is 10.6 Å². The number of primary sulfonamides is 1. The first kappa shape index (κ1) is 24.1. The molecule has 14 heteroatoms. The number of anilines is 4. The van der Waals surface area contributed by atoms with Crippen LogP contribution >= 0.6 is 0 Å². The van der Waals surface area contributed by atoms with E-state index in [9.17, 15) is 17.6 Å². The van der Waals surface area contributed by atoms with Gasteiger partial charge >= 0.3 is 0 Å². The molecule has 4 aromatic rings. The minimum absolute atomic E-state index is 0.0413. The SMILES string of the molecule is NC(=O)c1cc2nc(Nc3ccc(F)cc3)nc(Nc3ccc(S(N)(=O)=O)cc3)c2[nH]1.O=CO. The van der Waals surface area contributed by atoms with Crippen LogP contribution in [0, 0.1) is 5.82 Å². The Balaban J connectivity index is 0.00000103. The Labute approximate surface area is 191 Å². The van der Waals surface area contributed by atoms with Crippen molar-refractivity contribution in [3.63, 3.8) is 0 Å². The molecule has 0 saturated carbocycles. The minimum Gasteiger partial charge on any atom is -0.483 e. The molecule has 176 valence electrons. The van der Waals surface area contributed by atoms with Crippen LogP contribution in [0.15, 0.2) is 59.5 Å². The van der Waals surface area contributed by atoms with E-state index in [0.29, 0.717) is 28.2 Å². The smallest absolute Gasteiger partial charge is 0.290 e. The van der Waals surface area contributed by atoms with E-state index in [4.69, 9.17) is 20.8 Å². The molecule has 2 heterocycles. The van der Waals surface area contributed by atoms with Crippen LogP contribution in [0.25, 0.3) is 11.0 Å². The van der Waals surface area contributed by atoms with E-state index in [0.717, 1.165) is 0 Å². The van der Waals surface area contributed by atoms with E-state index in [1.807, 2.05) is 0 Å². The molecule has 0 aliphatic carbocycles. The van der Waals surface area contributed by atoms with Crippen molar-refractivity contribution in [1.82, 2.24) is 15.0 Å². The molecular weight excluding hydrogens is 469 g/mol. The normalized spacial score (nSPS) is 10.8. The summed E-state index contributed by atoms with van der Waals surface area (Å²) in [4.78, 5) is 31.5. The van der Waals surface area contributed by atoms with Crippen LogP contribution in [0.4, 0.5) is 27.5 Å². The Kier molecular flexibility index (Phi) is 7.04. The number of carbonyl (C=O) groups excluding carboxylic acids is 1. The number of carboxylic acid groups (broad SMARTS) is 1. The van der Waals surface area contributed by atoms with Crippen molar-refractivity contribution in [2.24, 2.45) is 10.9 Å². The summed E-state index contributed by atoms with van der Waals surface area (Å²) in [6, 6.07) is 12.8. The summed E-state index contributed by atoms with van der Waals surface area (Å²) in [6.45, 7) is -0.250. The predicted octanol–water partition coefficient (Wildman–Crippen LogP) is 2.03. The molecule has 0 fully saturated rings. The molecular formula is C20H18FN7O5S. The molecule has 1 amide bonds. The highest BCUT2D eigenvalue weighted by Gasteiger charge is 2.15. The Morgan fingerprint density at radius 3 is 2.15 bits per heavy atom. The number of benzene rings is 2. The summed E-state index contributed by atoms with van der Waals surface area (Å²) in [5.74, 6) is -0.582. The Hall–Kier alpha value is -4.56. The van der Waals surface area contributed by atoms with E-state index in [1.165, 1.54) is 54.6 Å². The van der Waals surface area contributed by atoms with Crippen LogP contribution in [-0.4, -0.2) is 40.9 Å². The number of H-pyrrole nitrogens is 1. The fourth-order valence-corrected chi connectivity index (χ4v) is 3.33. The number of aromatic nitrogens is 3. The molecule has 2 aromatic carbocycles. The largest absolute Gasteiger partial charge is 0.483 e. The van der Waals surface area contributed by atoms with Gasteiger partial charge in [0.15, 0.2) is 5.82 Å². The minimum atomic E-state index is -3.83. The van der Waals surface area contributed by atoms with Crippen molar-refractivity contribution >= 4 is 56.6 Å². The number of fused-ring (bicyclic) bond motifs is 1. The number of carbonyl (C=O) groups is 2. The van der Waals surface area contributed by atoms with Gasteiger partial charge in [0, 0.05) is 11.4 Å². The van der Waals surface area contributed by atoms with Gasteiger partial charge in [-0.1, -0.05) is 0 Å². The summed E-state index contributed by atoms with van der Waals surface area (Å²) in [7, 11) is -3.83. The van der Waals surface area contributed by atoms with Gasteiger partial charge in [-0.3, -0.25) is 9.59 Å². The van der Waals surface area contributed by atoms with Gasteiger partial charge in [0.25, 0.3) is 12.4 Å². The lowest BCUT2D eigenvalue weighted by Gasteiger charge is -2.10. The van der Waals surface area contributed by atoms with Gasteiger partial charge in [0.2, 0.25) is 16.0 Å². The number of primary amides is 1. The lowest BCUT2D eigenvalue weighted by atomic mass is 10.3. The number of halogens is 1. The zero-order valence-electron chi connectivity index (χ0n) is 17.2. The van der Waals surface area contributed by atoms with Crippen LogP contribution in [-0.2, 0) is 14.8 Å². The first-order valence-corrected chi connectivity index (χ1v) is 10.9. The molecule has 0 saturated heterocycles. The second-order valence-corrected chi connectivity index (χ2v) is 8.20. The van der Waals surface area contributed by atoms with Crippen molar-refractivity contribution < 1.29 is 27.5 Å². The summed E-state index contributed by atoms with van der Waals surface area (Å²) < 4.78 is 36.0. The molecule has 0 aliphatic heterocycles. The quantitative estimate of drug-likeness (QED) is 0.220. The number of amides is 1. The second-order valence-electron chi connectivity index (χ2n) is 6.64. The van der Waals surface area contributed by atoms with E-state index in [-0.39, 0.29) is 28.8 Å².